The molecule has 1 N–H and O–H groups in total. The molecule has 15 heavy (non-hydrogen) atoms. The molecule has 0 radical (unpaired) electrons. The number of nitriles is 1. The maximum Gasteiger partial charge on any atom is 0.270 e. The lowest BCUT2D eigenvalue weighted by atomic mass is 10.1. The Bertz CT molecular complexity index is 462. The monoisotopic (exact) mass is 205 g/mol. The van der Waals surface area contributed by atoms with Gasteiger partial charge in [0, 0.05) is 12.1 Å². The van der Waals surface area contributed by atoms with Gasteiger partial charge in [0.2, 0.25) is 0 Å². The minimum atomic E-state index is -0.640. The van der Waals surface area contributed by atoms with Gasteiger partial charge in [0.25, 0.3) is 11.6 Å². The third-order valence-corrected chi connectivity index (χ3v) is 1.85. The third kappa shape index (κ3) is 2.28. The van der Waals surface area contributed by atoms with E-state index in [0.29, 0.717) is 5.56 Å². The maximum atomic E-state index is 11.3. The molecule has 0 aliphatic heterocycles. The van der Waals surface area contributed by atoms with Crippen molar-refractivity contribution in [3.05, 3.63) is 39.4 Å². The number of nitro groups is 1. The Morgan fingerprint density at radius 3 is 2.80 bits per heavy atom. The van der Waals surface area contributed by atoms with Crippen LogP contribution in [0.25, 0.3) is 0 Å². The van der Waals surface area contributed by atoms with Gasteiger partial charge < -0.3 is 0 Å². The summed E-state index contributed by atoms with van der Waals surface area (Å²) in [6.07, 6.45) is 1.47. The molecule has 1 rings (SSSR count). The third-order valence-electron chi connectivity index (χ3n) is 1.85. The number of hydrogen-bond acceptors (Lipinski definition) is 4. The van der Waals surface area contributed by atoms with Crippen LogP contribution in [0.15, 0.2) is 18.2 Å². The Morgan fingerprint density at radius 2 is 2.27 bits per heavy atom. The van der Waals surface area contributed by atoms with Crippen molar-refractivity contribution in [2.75, 3.05) is 0 Å². The Balaban J connectivity index is 3.17. The first-order valence-electron chi connectivity index (χ1n) is 4.00. The molecule has 0 aliphatic rings. The SMILES string of the molecule is Cc1ccc([N+](=O)[O-])cc1C(=O)NC#N. The molecule has 0 bridgehead atoms. The van der Waals surface area contributed by atoms with Gasteiger partial charge in [-0.25, -0.2) is 0 Å². The van der Waals surface area contributed by atoms with E-state index in [-0.39, 0.29) is 11.3 Å². The number of nitrogens with one attached hydrogen (secondary N) is 1. The molecule has 0 atom stereocenters. The van der Waals surface area contributed by atoms with Gasteiger partial charge in [-0.3, -0.25) is 20.2 Å². The van der Waals surface area contributed by atoms with Crippen LogP contribution in [-0.4, -0.2) is 10.8 Å². The van der Waals surface area contributed by atoms with Crippen molar-refractivity contribution in [2.45, 2.75) is 6.92 Å². The molecule has 0 spiro atoms. The summed E-state index contributed by atoms with van der Waals surface area (Å²) in [4.78, 5) is 21.1. The number of benzene rings is 1. The minimum absolute atomic E-state index is 0.130. The number of rotatable bonds is 2. The predicted molar refractivity (Wildman–Crippen MR) is 50.9 cm³/mol. The summed E-state index contributed by atoms with van der Waals surface area (Å²) in [6, 6.07) is 3.91. The Morgan fingerprint density at radius 1 is 1.60 bits per heavy atom. The van der Waals surface area contributed by atoms with E-state index in [4.69, 9.17) is 5.26 Å². The Kier molecular flexibility index (Phi) is 2.98. The smallest absolute Gasteiger partial charge is 0.268 e. The number of nitro benzene ring substituents is 1. The fraction of sp³-hybridized carbons (Fsp3) is 0.111. The lowest BCUT2D eigenvalue weighted by Gasteiger charge is -2.01. The molecule has 0 aliphatic carbocycles. The molecular weight excluding hydrogens is 198 g/mol. The molecule has 0 saturated carbocycles. The van der Waals surface area contributed by atoms with Gasteiger partial charge in [-0.15, -0.1) is 0 Å². The first-order chi connectivity index (χ1) is 7.06. The zero-order valence-corrected chi connectivity index (χ0v) is 7.85. The number of hydrogen-bond donors (Lipinski definition) is 1. The Labute approximate surface area is 85.3 Å². The minimum Gasteiger partial charge on any atom is -0.268 e. The van der Waals surface area contributed by atoms with Crippen molar-refractivity contribution in [3.63, 3.8) is 0 Å². The van der Waals surface area contributed by atoms with Crippen molar-refractivity contribution in [1.82, 2.24) is 5.32 Å². The average Bonchev–Trinajstić information content (AvgIpc) is 2.18. The second kappa shape index (κ2) is 4.19. The van der Waals surface area contributed by atoms with Crippen molar-refractivity contribution < 1.29 is 9.72 Å². The van der Waals surface area contributed by atoms with Gasteiger partial charge >= 0.3 is 0 Å². The van der Waals surface area contributed by atoms with Crippen molar-refractivity contribution >= 4 is 11.6 Å². The summed E-state index contributed by atoms with van der Waals surface area (Å²) in [5, 5.41) is 20.6. The van der Waals surface area contributed by atoms with E-state index in [9.17, 15) is 14.9 Å². The molecular formula is C9H7N3O3. The topological polar surface area (TPSA) is 96.0 Å². The van der Waals surface area contributed by atoms with Crippen LogP contribution in [0.3, 0.4) is 0 Å². The van der Waals surface area contributed by atoms with Gasteiger partial charge in [0.1, 0.15) is 0 Å². The van der Waals surface area contributed by atoms with Crippen LogP contribution in [0.1, 0.15) is 15.9 Å². The molecule has 0 saturated heterocycles. The number of non-ortho nitro benzene ring substituents is 1. The highest BCUT2D eigenvalue weighted by molar-refractivity contribution is 5.97. The van der Waals surface area contributed by atoms with E-state index in [2.05, 4.69) is 0 Å². The second-order valence-corrected chi connectivity index (χ2v) is 2.82. The highest BCUT2D eigenvalue weighted by Gasteiger charge is 2.13. The number of amides is 1. The summed E-state index contributed by atoms with van der Waals surface area (Å²) in [6.45, 7) is 1.63. The molecule has 1 aromatic carbocycles. The summed E-state index contributed by atoms with van der Waals surface area (Å²) < 4.78 is 0. The van der Waals surface area contributed by atoms with Crippen LogP contribution in [0.4, 0.5) is 5.69 Å². The normalized spacial score (nSPS) is 9.07. The highest BCUT2D eigenvalue weighted by atomic mass is 16.6. The molecule has 0 heterocycles. The summed E-state index contributed by atoms with van der Waals surface area (Å²) >= 11 is 0. The van der Waals surface area contributed by atoms with Crippen LogP contribution in [0.2, 0.25) is 0 Å². The number of carbonyl (C=O) groups is 1. The Hall–Kier alpha value is -2.42. The highest BCUT2D eigenvalue weighted by Crippen LogP contribution is 2.16. The van der Waals surface area contributed by atoms with E-state index in [1.54, 1.807) is 6.92 Å². The zero-order valence-electron chi connectivity index (χ0n) is 7.85. The molecule has 76 valence electrons. The van der Waals surface area contributed by atoms with E-state index >= 15 is 0 Å². The standard InChI is InChI=1S/C9H7N3O3/c1-6-2-3-7(12(14)15)4-8(6)9(13)11-5-10/h2-4H,1H3,(H,11,13). The van der Waals surface area contributed by atoms with Crippen LogP contribution >= 0.6 is 0 Å². The van der Waals surface area contributed by atoms with Crippen molar-refractivity contribution in [3.8, 4) is 6.19 Å². The summed E-state index contributed by atoms with van der Waals surface area (Å²) in [5.41, 5.74) is 0.530. The zero-order chi connectivity index (χ0) is 11.4. The summed E-state index contributed by atoms with van der Waals surface area (Å²) in [5.74, 6) is -0.640. The molecule has 1 amide bonds. The van der Waals surface area contributed by atoms with E-state index in [0.717, 1.165) is 6.07 Å². The molecule has 6 heteroatoms. The molecule has 0 unspecified atom stereocenters. The van der Waals surface area contributed by atoms with Crippen LogP contribution in [-0.2, 0) is 0 Å². The second-order valence-electron chi connectivity index (χ2n) is 2.82. The molecule has 6 nitrogen and oxygen atoms in total. The fourth-order valence-corrected chi connectivity index (χ4v) is 1.09. The van der Waals surface area contributed by atoms with E-state index < -0.39 is 10.8 Å². The van der Waals surface area contributed by atoms with Crippen LogP contribution in [0, 0.1) is 28.5 Å². The van der Waals surface area contributed by atoms with Gasteiger partial charge in [-0.1, -0.05) is 6.07 Å². The van der Waals surface area contributed by atoms with Gasteiger partial charge in [-0.2, -0.15) is 5.26 Å². The van der Waals surface area contributed by atoms with Crippen LogP contribution in [0.5, 0.6) is 0 Å². The first kappa shape index (κ1) is 10.7. The van der Waals surface area contributed by atoms with Gasteiger partial charge in [0.05, 0.1) is 10.5 Å². The van der Waals surface area contributed by atoms with Crippen LogP contribution < -0.4 is 5.32 Å². The average molecular weight is 205 g/mol. The number of carbonyl (C=O) groups excluding carboxylic acids is 1. The lowest BCUT2D eigenvalue weighted by Crippen LogP contribution is -2.18. The maximum absolute atomic E-state index is 11.3. The number of aryl methyl sites for hydroxylation is 1. The first-order valence-corrected chi connectivity index (χ1v) is 4.00. The lowest BCUT2D eigenvalue weighted by molar-refractivity contribution is -0.384. The molecule has 1 aromatic rings. The van der Waals surface area contributed by atoms with E-state index in [1.165, 1.54) is 18.3 Å². The summed E-state index contributed by atoms with van der Waals surface area (Å²) in [7, 11) is 0. The van der Waals surface area contributed by atoms with Crippen molar-refractivity contribution in [1.29, 1.82) is 5.26 Å². The molecule has 0 fully saturated rings. The largest absolute Gasteiger partial charge is 0.270 e. The predicted octanol–water partition coefficient (Wildman–Crippen LogP) is 1.11. The van der Waals surface area contributed by atoms with Gasteiger partial charge in [0.15, 0.2) is 6.19 Å². The van der Waals surface area contributed by atoms with Gasteiger partial charge in [-0.05, 0) is 12.5 Å². The number of nitrogens with zero attached hydrogens (tertiary/aromatic N) is 2. The van der Waals surface area contributed by atoms with Crippen molar-refractivity contribution in [2.24, 2.45) is 0 Å². The van der Waals surface area contributed by atoms with E-state index in [1.807, 2.05) is 5.32 Å². The molecule has 0 aromatic heterocycles. The quantitative estimate of drug-likeness (QED) is 0.338. The fourth-order valence-electron chi connectivity index (χ4n) is 1.09.